The van der Waals surface area contributed by atoms with Crippen LogP contribution in [0.3, 0.4) is 0 Å². The average Bonchev–Trinajstić information content (AvgIpc) is 2.14. The average molecular weight is 161 g/mol. The first-order valence-electron chi connectivity index (χ1n) is 4.43. The fraction of sp³-hybridized carbons (Fsp3) is 0.364. The largest absolute Gasteiger partial charge is 0.265 e. The molecule has 0 aliphatic carbocycles. The van der Waals surface area contributed by atoms with Gasteiger partial charge in [0.05, 0.1) is 0 Å². The summed E-state index contributed by atoms with van der Waals surface area (Å²) < 4.78 is 0. The summed E-state index contributed by atoms with van der Waals surface area (Å²) in [4.78, 5) is 3.97. The second kappa shape index (κ2) is 5.53. The highest BCUT2D eigenvalue weighted by molar-refractivity contribution is 5.09. The maximum absolute atomic E-state index is 3.97. The van der Waals surface area contributed by atoms with Crippen LogP contribution in [0.2, 0.25) is 0 Å². The zero-order valence-corrected chi connectivity index (χ0v) is 7.37. The Bertz CT molecular complexity index is 216. The van der Waals surface area contributed by atoms with Gasteiger partial charge in [-0.3, -0.25) is 4.98 Å². The van der Waals surface area contributed by atoms with E-state index in [-0.39, 0.29) is 0 Å². The normalized spacial score (nSPS) is 9.67. The lowest BCUT2D eigenvalue weighted by Gasteiger charge is -1.98. The first-order valence-corrected chi connectivity index (χ1v) is 4.43. The van der Waals surface area contributed by atoms with Gasteiger partial charge in [-0.1, -0.05) is 6.08 Å². The minimum absolute atomic E-state index is 1.13. The first-order chi connectivity index (χ1) is 5.93. The molecule has 64 valence electrons. The molecule has 1 nitrogen and oxygen atoms in total. The van der Waals surface area contributed by atoms with Crippen LogP contribution < -0.4 is 0 Å². The molecule has 0 aliphatic rings. The Morgan fingerprint density at radius 2 is 2.00 bits per heavy atom. The number of allylic oxidation sites excluding steroid dienone is 1. The molecular formula is C11H15N. The second-order valence-electron chi connectivity index (χ2n) is 2.89. The summed E-state index contributed by atoms with van der Waals surface area (Å²) in [5.74, 6) is 0. The summed E-state index contributed by atoms with van der Waals surface area (Å²) in [7, 11) is 0. The predicted octanol–water partition coefficient (Wildman–Crippen LogP) is 2.98. The lowest BCUT2D eigenvalue weighted by Crippen LogP contribution is -1.84. The number of pyridine rings is 1. The highest BCUT2D eigenvalue weighted by atomic mass is 14.6. The number of aromatic nitrogens is 1. The third kappa shape index (κ3) is 3.33. The molecule has 1 rings (SSSR count). The van der Waals surface area contributed by atoms with Crippen molar-refractivity contribution >= 4 is 0 Å². The topological polar surface area (TPSA) is 12.9 Å². The van der Waals surface area contributed by atoms with E-state index in [1.54, 1.807) is 0 Å². The Labute approximate surface area is 74.2 Å². The predicted molar refractivity (Wildman–Crippen MR) is 52.0 cm³/mol. The van der Waals surface area contributed by atoms with Gasteiger partial charge in [0.15, 0.2) is 0 Å². The van der Waals surface area contributed by atoms with Crippen LogP contribution in [0.4, 0.5) is 0 Å². The number of rotatable bonds is 5. The van der Waals surface area contributed by atoms with Crippen LogP contribution in [0.25, 0.3) is 0 Å². The number of unbranched alkanes of at least 4 members (excludes halogenated alkanes) is 2. The third-order valence-corrected chi connectivity index (χ3v) is 1.87. The molecule has 0 bridgehead atoms. The zero-order chi connectivity index (χ0) is 8.65. The van der Waals surface area contributed by atoms with Crippen molar-refractivity contribution in [2.45, 2.75) is 25.7 Å². The van der Waals surface area contributed by atoms with Crippen molar-refractivity contribution in [1.82, 2.24) is 4.98 Å². The smallest absolute Gasteiger partial charge is 0.0270 e. The zero-order valence-electron chi connectivity index (χ0n) is 7.37. The molecule has 1 aromatic rings. The first kappa shape index (κ1) is 8.98. The van der Waals surface area contributed by atoms with Crippen molar-refractivity contribution in [3.63, 3.8) is 0 Å². The van der Waals surface area contributed by atoms with Crippen LogP contribution in [0.1, 0.15) is 24.8 Å². The molecule has 0 aromatic carbocycles. The molecule has 0 aliphatic heterocycles. The van der Waals surface area contributed by atoms with E-state index in [0.717, 1.165) is 12.8 Å². The molecule has 0 atom stereocenters. The van der Waals surface area contributed by atoms with E-state index in [9.17, 15) is 0 Å². The van der Waals surface area contributed by atoms with E-state index in [4.69, 9.17) is 0 Å². The second-order valence-corrected chi connectivity index (χ2v) is 2.89. The van der Waals surface area contributed by atoms with Gasteiger partial charge in [0, 0.05) is 12.4 Å². The number of nitrogens with zero attached hydrogens (tertiary/aromatic N) is 1. The highest BCUT2D eigenvalue weighted by Gasteiger charge is 1.90. The summed E-state index contributed by atoms with van der Waals surface area (Å²) in [5.41, 5.74) is 1.38. The van der Waals surface area contributed by atoms with Gasteiger partial charge in [0.2, 0.25) is 0 Å². The molecule has 0 saturated heterocycles. The standard InChI is InChI=1S/C11H15N/c1-2-3-4-5-6-11-7-9-12-10-8-11/h2,7-10H,1,3-6H2. The van der Waals surface area contributed by atoms with E-state index >= 15 is 0 Å². The molecule has 0 spiro atoms. The van der Waals surface area contributed by atoms with E-state index in [0.29, 0.717) is 0 Å². The number of aryl methyl sites for hydroxylation is 1. The Morgan fingerprint density at radius 3 is 2.67 bits per heavy atom. The summed E-state index contributed by atoms with van der Waals surface area (Å²) in [6.45, 7) is 3.70. The van der Waals surface area contributed by atoms with Crippen molar-refractivity contribution in [3.8, 4) is 0 Å². The van der Waals surface area contributed by atoms with Crippen LogP contribution in [0, 0.1) is 0 Å². The fourth-order valence-corrected chi connectivity index (χ4v) is 1.17. The molecule has 1 heterocycles. The van der Waals surface area contributed by atoms with Crippen molar-refractivity contribution < 1.29 is 0 Å². The maximum atomic E-state index is 3.97. The Hall–Kier alpha value is -1.11. The Morgan fingerprint density at radius 1 is 1.25 bits per heavy atom. The molecule has 0 saturated carbocycles. The number of hydrogen-bond donors (Lipinski definition) is 0. The Kier molecular flexibility index (Phi) is 4.14. The summed E-state index contributed by atoms with van der Waals surface area (Å²) in [6.07, 6.45) is 10.5. The third-order valence-electron chi connectivity index (χ3n) is 1.87. The van der Waals surface area contributed by atoms with Crippen LogP contribution in [-0.2, 0) is 6.42 Å². The van der Waals surface area contributed by atoms with Crippen molar-refractivity contribution in [2.24, 2.45) is 0 Å². The van der Waals surface area contributed by atoms with Gasteiger partial charge in [-0.15, -0.1) is 6.58 Å². The van der Waals surface area contributed by atoms with Crippen molar-refractivity contribution in [2.75, 3.05) is 0 Å². The quantitative estimate of drug-likeness (QED) is 0.478. The van der Waals surface area contributed by atoms with Gasteiger partial charge in [-0.05, 0) is 43.4 Å². The lowest BCUT2D eigenvalue weighted by atomic mass is 10.1. The van der Waals surface area contributed by atoms with Gasteiger partial charge in [-0.25, -0.2) is 0 Å². The lowest BCUT2D eigenvalue weighted by molar-refractivity contribution is 0.747. The van der Waals surface area contributed by atoms with Gasteiger partial charge < -0.3 is 0 Å². The van der Waals surface area contributed by atoms with Gasteiger partial charge in [0.1, 0.15) is 0 Å². The van der Waals surface area contributed by atoms with Crippen LogP contribution in [0.15, 0.2) is 37.2 Å². The van der Waals surface area contributed by atoms with E-state index < -0.39 is 0 Å². The van der Waals surface area contributed by atoms with Gasteiger partial charge >= 0.3 is 0 Å². The molecule has 1 heteroatoms. The molecule has 0 fully saturated rings. The van der Waals surface area contributed by atoms with Crippen LogP contribution in [0.5, 0.6) is 0 Å². The van der Waals surface area contributed by atoms with E-state index in [1.807, 2.05) is 18.5 Å². The summed E-state index contributed by atoms with van der Waals surface area (Å²) >= 11 is 0. The molecule has 0 unspecified atom stereocenters. The summed E-state index contributed by atoms with van der Waals surface area (Å²) in [6, 6.07) is 4.15. The molecular weight excluding hydrogens is 146 g/mol. The van der Waals surface area contributed by atoms with Gasteiger partial charge in [-0.2, -0.15) is 0 Å². The molecule has 12 heavy (non-hydrogen) atoms. The van der Waals surface area contributed by atoms with Crippen LogP contribution >= 0.6 is 0 Å². The molecule has 0 N–H and O–H groups in total. The highest BCUT2D eigenvalue weighted by Crippen LogP contribution is 2.04. The van der Waals surface area contributed by atoms with Crippen molar-refractivity contribution in [1.29, 1.82) is 0 Å². The molecule has 1 aromatic heterocycles. The minimum atomic E-state index is 1.13. The van der Waals surface area contributed by atoms with E-state index in [2.05, 4.69) is 23.7 Å². The van der Waals surface area contributed by atoms with E-state index in [1.165, 1.54) is 18.4 Å². The SMILES string of the molecule is C=CCCCCc1ccncc1. The molecule has 0 radical (unpaired) electrons. The van der Waals surface area contributed by atoms with Crippen molar-refractivity contribution in [3.05, 3.63) is 42.7 Å². The Balaban J connectivity index is 2.20. The maximum Gasteiger partial charge on any atom is 0.0270 e. The monoisotopic (exact) mass is 161 g/mol. The minimum Gasteiger partial charge on any atom is -0.265 e. The van der Waals surface area contributed by atoms with Gasteiger partial charge in [0.25, 0.3) is 0 Å². The molecule has 0 amide bonds. The summed E-state index contributed by atoms with van der Waals surface area (Å²) in [5, 5.41) is 0. The fourth-order valence-electron chi connectivity index (χ4n) is 1.17. The van der Waals surface area contributed by atoms with Crippen LogP contribution in [-0.4, -0.2) is 4.98 Å². The number of hydrogen-bond acceptors (Lipinski definition) is 1.